The predicted octanol–water partition coefficient (Wildman–Crippen LogP) is 4.83. The Bertz CT molecular complexity index is 971. The van der Waals surface area contributed by atoms with Crippen LogP contribution in [0.4, 0.5) is 0 Å². The van der Waals surface area contributed by atoms with Gasteiger partial charge in [0.2, 0.25) is 0 Å². The van der Waals surface area contributed by atoms with Crippen LogP contribution in [0.5, 0.6) is 5.75 Å². The minimum absolute atomic E-state index is 0.0186. The van der Waals surface area contributed by atoms with E-state index in [1.807, 2.05) is 6.92 Å². The quantitative estimate of drug-likeness (QED) is 0.427. The second-order valence-electron chi connectivity index (χ2n) is 6.40. The smallest absolute Gasteiger partial charge is 0.295 e. The molecule has 0 aliphatic carbocycles. The number of hydrogen-bond acceptors (Lipinski definition) is 4. The minimum atomic E-state index is -0.749. The summed E-state index contributed by atoms with van der Waals surface area (Å²) in [6.07, 6.45) is 0.657. The van der Waals surface area contributed by atoms with E-state index in [1.54, 1.807) is 42.5 Å². The van der Waals surface area contributed by atoms with Crippen molar-refractivity contribution in [3.63, 3.8) is 0 Å². The number of ketones is 1. The van der Waals surface area contributed by atoms with Gasteiger partial charge in [0, 0.05) is 12.1 Å². The summed E-state index contributed by atoms with van der Waals surface area (Å²) in [7, 11) is 1.51. The Balaban J connectivity index is 2.21. The van der Waals surface area contributed by atoms with E-state index < -0.39 is 17.7 Å². The summed E-state index contributed by atoms with van der Waals surface area (Å²) >= 11 is 12.2. The van der Waals surface area contributed by atoms with Crippen molar-refractivity contribution >= 4 is 40.7 Å². The number of rotatable bonds is 5. The Morgan fingerprint density at radius 3 is 2.54 bits per heavy atom. The maximum atomic E-state index is 12.8. The Kier molecular flexibility index (Phi) is 5.96. The van der Waals surface area contributed by atoms with Gasteiger partial charge in [-0.25, -0.2) is 0 Å². The van der Waals surface area contributed by atoms with Gasteiger partial charge < -0.3 is 14.7 Å². The molecule has 1 saturated heterocycles. The molecule has 1 aliphatic heterocycles. The molecule has 2 aromatic rings. The molecule has 0 saturated carbocycles. The summed E-state index contributed by atoms with van der Waals surface area (Å²) in [6, 6.07) is 10.9. The molecule has 0 aromatic heterocycles. The van der Waals surface area contributed by atoms with Crippen molar-refractivity contribution in [2.24, 2.45) is 0 Å². The standard InChI is InChI=1S/C21H19Cl2NO4/c1-3-9-24-18(12-7-8-15(22)16(23)11-12)17(20(26)21(24)27)19(25)13-5-4-6-14(10-13)28-2/h4-8,10-11,18,25H,3,9H2,1-2H3/b19-17-. The van der Waals surface area contributed by atoms with Crippen LogP contribution < -0.4 is 4.74 Å². The summed E-state index contributed by atoms with van der Waals surface area (Å²) in [4.78, 5) is 26.9. The monoisotopic (exact) mass is 419 g/mol. The van der Waals surface area contributed by atoms with Crippen molar-refractivity contribution < 1.29 is 19.4 Å². The molecule has 3 rings (SSSR count). The third kappa shape index (κ3) is 3.60. The molecule has 1 heterocycles. The average molecular weight is 420 g/mol. The highest BCUT2D eigenvalue weighted by molar-refractivity contribution is 6.46. The molecule has 0 spiro atoms. The molecule has 1 fully saturated rings. The topological polar surface area (TPSA) is 66.8 Å². The number of likely N-dealkylation sites (tertiary alicyclic amines) is 1. The van der Waals surface area contributed by atoms with E-state index in [-0.39, 0.29) is 11.3 Å². The molecular formula is C21H19Cl2NO4. The van der Waals surface area contributed by atoms with Crippen molar-refractivity contribution in [2.45, 2.75) is 19.4 Å². The molecule has 5 nitrogen and oxygen atoms in total. The van der Waals surface area contributed by atoms with Gasteiger partial charge in [-0.2, -0.15) is 0 Å². The molecule has 28 heavy (non-hydrogen) atoms. The third-order valence-corrected chi connectivity index (χ3v) is 5.35. The lowest BCUT2D eigenvalue weighted by molar-refractivity contribution is -0.139. The minimum Gasteiger partial charge on any atom is -0.507 e. The van der Waals surface area contributed by atoms with Gasteiger partial charge in [0.1, 0.15) is 11.5 Å². The number of ether oxygens (including phenoxy) is 1. The van der Waals surface area contributed by atoms with Crippen LogP contribution in [0.3, 0.4) is 0 Å². The van der Waals surface area contributed by atoms with Crippen molar-refractivity contribution in [2.75, 3.05) is 13.7 Å². The van der Waals surface area contributed by atoms with Crippen LogP contribution in [-0.4, -0.2) is 35.4 Å². The van der Waals surface area contributed by atoms with Crippen molar-refractivity contribution in [1.29, 1.82) is 0 Å². The van der Waals surface area contributed by atoms with Crippen LogP contribution >= 0.6 is 23.2 Å². The fraction of sp³-hybridized carbons (Fsp3) is 0.238. The molecule has 1 unspecified atom stereocenters. The number of nitrogens with zero attached hydrogens (tertiary/aromatic N) is 1. The zero-order chi connectivity index (χ0) is 20.4. The summed E-state index contributed by atoms with van der Waals surface area (Å²) < 4.78 is 5.19. The van der Waals surface area contributed by atoms with Gasteiger partial charge in [0.05, 0.1) is 28.8 Å². The predicted molar refractivity (Wildman–Crippen MR) is 109 cm³/mol. The van der Waals surface area contributed by atoms with Gasteiger partial charge in [0.15, 0.2) is 0 Å². The first kappa shape index (κ1) is 20.2. The van der Waals surface area contributed by atoms with Crippen LogP contribution in [-0.2, 0) is 9.59 Å². The Morgan fingerprint density at radius 1 is 1.14 bits per heavy atom. The van der Waals surface area contributed by atoms with Crippen molar-refractivity contribution in [3.8, 4) is 5.75 Å². The number of carbonyl (C=O) groups is 2. The highest BCUT2D eigenvalue weighted by Crippen LogP contribution is 2.41. The number of halogens is 2. The number of hydrogen-bond donors (Lipinski definition) is 1. The zero-order valence-corrected chi connectivity index (χ0v) is 16.9. The van der Waals surface area contributed by atoms with Crippen LogP contribution in [0.2, 0.25) is 10.0 Å². The van der Waals surface area contributed by atoms with Crippen LogP contribution in [0, 0.1) is 0 Å². The Hall–Kier alpha value is -2.50. The molecule has 0 bridgehead atoms. The molecule has 1 N–H and O–H groups in total. The number of benzene rings is 2. The average Bonchev–Trinajstić information content (AvgIpc) is 2.95. The van der Waals surface area contributed by atoms with Gasteiger partial charge in [-0.05, 0) is 36.2 Å². The summed E-state index contributed by atoms with van der Waals surface area (Å²) in [5.74, 6) is -1.11. The number of Topliss-reactive ketones (excluding diaryl/α,β-unsaturated/α-hetero) is 1. The lowest BCUT2D eigenvalue weighted by Gasteiger charge is -2.25. The van der Waals surface area contributed by atoms with E-state index in [4.69, 9.17) is 27.9 Å². The number of aliphatic hydroxyl groups is 1. The van der Waals surface area contributed by atoms with E-state index in [9.17, 15) is 14.7 Å². The molecule has 1 aliphatic rings. The maximum absolute atomic E-state index is 12.8. The van der Waals surface area contributed by atoms with Crippen LogP contribution in [0.1, 0.15) is 30.5 Å². The van der Waals surface area contributed by atoms with Gasteiger partial charge in [-0.1, -0.05) is 48.3 Å². The van der Waals surface area contributed by atoms with E-state index >= 15 is 0 Å². The first-order valence-electron chi connectivity index (χ1n) is 8.76. The first-order valence-corrected chi connectivity index (χ1v) is 9.52. The first-order chi connectivity index (χ1) is 13.4. The van der Waals surface area contributed by atoms with E-state index in [2.05, 4.69) is 0 Å². The number of methoxy groups -OCH3 is 1. The fourth-order valence-corrected chi connectivity index (χ4v) is 3.61. The molecule has 0 radical (unpaired) electrons. The maximum Gasteiger partial charge on any atom is 0.295 e. The second-order valence-corrected chi connectivity index (χ2v) is 7.21. The summed E-state index contributed by atoms with van der Waals surface area (Å²) in [6.45, 7) is 2.28. The van der Waals surface area contributed by atoms with Crippen molar-refractivity contribution in [1.82, 2.24) is 4.90 Å². The largest absolute Gasteiger partial charge is 0.507 e. The zero-order valence-electron chi connectivity index (χ0n) is 15.4. The highest BCUT2D eigenvalue weighted by atomic mass is 35.5. The number of amides is 1. The lowest BCUT2D eigenvalue weighted by atomic mass is 9.95. The molecule has 1 atom stereocenters. The van der Waals surface area contributed by atoms with Gasteiger partial charge in [0.25, 0.3) is 11.7 Å². The highest BCUT2D eigenvalue weighted by Gasteiger charge is 2.45. The number of carbonyl (C=O) groups excluding carboxylic acids is 2. The molecule has 2 aromatic carbocycles. The molecular weight excluding hydrogens is 401 g/mol. The number of aliphatic hydroxyl groups excluding tert-OH is 1. The van der Waals surface area contributed by atoms with E-state index in [0.717, 1.165) is 0 Å². The third-order valence-electron chi connectivity index (χ3n) is 4.61. The second kappa shape index (κ2) is 8.25. The van der Waals surface area contributed by atoms with Crippen molar-refractivity contribution in [3.05, 3.63) is 69.2 Å². The lowest BCUT2D eigenvalue weighted by Crippen LogP contribution is -2.30. The van der Waals surface area contributed by atoms with Gasteiger partial charge in [-0.3, -0.25) is 9.59 Å². The van der Waals surface area contributed by atoms with E-state index in [1.165, 1.54) is 12.0 Å². The molecule has 7 heteroatoms. The molecule has 146 valence electrons. The normalized spacial score (nSPS) is 18.6. The van der Waals surface area contributed by atoms with E-state index in [0.29, 0.717) is 39.9 Å². The summed E-state index contributed by atoms with van der Waals surface area (Å²) in [5, 5.41) is 11.6. The van der Waals surface area contributed by atoms with Crippen LogP contribution in [0.25, 0.3) is 5.76 Å². The summed E-state index contributed by atoms with van der Waals surface area (Å²) in [5.41, 5.74) is 1.01. The van der Waals surface area contributed by atoms with Gasteiger partial charge >= 0.3 is 0 Å². The Labute approximate surface area is 173 Å². The fourth-order valence-electron chi connectivity index (χ4n) is 3.31. The Morgan fingerprint density at radius 2 is 1.89 bits per heavy atom. The van der Waals surface area contributed by atoms with Gasteiger partial charge in [-0.15, -0.1) is 0 Å². The molecule has 1 amide bonds. The van der Waals surface area contributed by atoms with Crippen LogP contribution in [0.15, 0.2) is 48.0 Å². The SMILES string of the molecule is CCCN1C(=O)C(=O)/C(=C(\O)c2cccc(OC)c2)C1c1ccc(Cl)c(Cl)c1.